The van der Waals surface area contributed by atoms with Gasteiger partial charge in [-0.05, 0) is 24.0 Å². The Labute approximate surface area is 112 Å². The molecule has 0 aliphatic heterocycles. The van der Waals surface area contributed by atoms with E-state index in [1.165, 1.54) is 22.3 Å². The molecule has 1 aromatic carbocycles. The summed E-state index contributed by atoms with van der Waals surface area (Å²) in [5.41, 5.74) is 2.35. The molecule has 0 saturated carbocycles. The van der Waals surface area contributed by atoms with E-state index in [1.807, 2.05) is 18.2 Å². The zero-order chi connectivity index (χ0) is 13.5. The van der Waals surface area contributed by atoms with Crippen LogP contribution in [-0.4, -0.2) is 30.0 Å². The first-order valence-corrected chi connectivity index (χ1v) is 7.59. The van der Waals surface area contributed by atoms with Crippen LogP contribution in [0, 0.1) is 0 Å². The first kappa shape index (κ1) is 12.4. The molecule has 1 heterocycles. The summed E-state index contributed by atoms with van der Waals surface area (Å²) >= 11 is 0. The third kappa shape index (κ3) is 1.97. The molecular weight excluding hydrogens is 262 g/mol. The maximum atomic E-state index is 12.5. The molecule has 0 amide bonds. The lowest BCUT2D eigenvalue weighted by Gasteiger charge is -2.24. The van der Waals surface area contributed by atoms with Gasteiger partial charge in [-0.25, -0.2) is 8.42 Å². The smallest absolute Gasteiger partial charge is 0.246 e. The number of hydrogen-bond acceptors (Lipinski definition) is 3. The average Bonchev–Trinajstić information content (AvgIpc) is 3.07. The second kappa shape index (κ2) is 4.47. The molecule has 100 valence electrons. The van der Waals surface area contributed by atoms with E-state index in [2.05, 4.69) is 16.3 Å². The van der Waals surface area contributed by atoms with Crippen molar-refractivity contribution in [3.63, 3.8) is 0 Å². The number of sulfonamides is 1. The Morgan fingerprint density at radius 2 is 2.16 bits per heavy atom. The van der Waals surface area contributed by atoms with Crippen molar-refractivity contribution in [1.29, 1.82) is 0 Å². The molecular formula is C13H15N3O2S. The molecule has 6 heteroatoms. The van der Waals surface area contributed by atoms with Crippen LogP contribution in [-0.2, 0) is 16.4 Å². The van der Waals surface area contributed by atoms with Gasteiger partial charge in [-0.1, -0.05) is 24.3 Å². The number of nitrogens with zero attached hydrogens (tertiary/aromatic N) is 2. The van der Waals surface area contributed by atoms with Gasteiger partial charge in [0.1, 0.15) is 4.90 Å². The van der Waals surface area contributed by atoms with E-state index in [0.717, 1.165) is 18.4 Å². The summed E-state index contributed by atoms with van der Waals surface area (Å²) < 4.78 is 26.4. The second-order valence-corrected chi connectivity index (χ2v) is 6.71. The lowest BCUT2D eigenvalue weighted by atomic mass is 10.1. The number of aromatic nitrogens is 2. The van der Waals surface area contributed by atoms with E-state index in [9.17, 15) is 8.42 Å². The Morgan fingerprint density at radius 3 is 2.89 bits per heavy atom. The van der Waals surface area contributed by atoms with Crippen LogP contribution in [0.2, 0.25) is 0 Å². The van der Waals surface area contributed by atoms with Gasteiger partial charge >= 0.3 is 0 Å². The molecule has 1 aliphatic carbocycles. The second-order valence-electron chi connectivity index (χ2n) is 4.71. The van der Waals surface area contributed by atoms with Gasteiger partial charge < -0.3 is 0 Å². The number of benzene rings is 1. The van der Waals surface area contributed by atoms with Crippen molar-refractivity contribution in [2.24, 2.45) is 0 Å². The quantitative estimate of drug-likeness (QED) is 0.929. The fourth-order valence-electron chi connectivity index (χ4n) is 2.63. The summed E-state index contributed by atoms with van der Waals surface area (Å²) in [4.78, 5) is 0.208. The standard InChI is InChI=1S/C13H15N3O2S/c1-16(19(17,18)11-8-14-15-9-11)13-7-6-10-4-2-3-5-12(10)13/h2-5,8-9,13H,6-7H2,1H3,(H,14,15). The zero-order valence-electron chi connectivity index (χ0n) is 10.6. The van der Waals surface area contributed by atoms with Gasteiger partial charge in [0.25, 0.3) is 0 Å². The molecule has 0 spiro atoms. The number of aryl methyl sites for hydroxylation is 1. The lowest BCUT2D eigenvalue weighted by molar-refractivity contribution is 0.374. The summed E-state index contributed by atoms with van der Waals surface area (Å²) in [7, 11) is -1.85. The first-order valence-electron chi connectivity index (χ1n) is 6.15. The van der Waals surface area contributed by atoms with E-state index < -0.39 is 10.0 Å². The third-order valence-electron chi connectivity index (χ3n) is 3.69. The van der Waals surface area contributed by atoms with Gasteiger partial charge in [0.2, 0.25) is 10.0 Å². The van der Waals surface area contributed by atoms with Crippen LogP contribution in [0.3, 0.4) is 0 Å². The van der Waals surface area contributed by atoms with Crippen molar-refractivity contribution in [3.05, 3.63) is 47.8 Å². The van der Waals surface area contributed by atoms with E-state index >= 15 is 0 Å². The predicted octanol–water partition coefficient (Wildman–Crippen LogP) is 1.72. The fraction of sp³-hybridized carbons (Fsp3) is 0.308. The SMILES string of the molecule is CN(C1CCc2ccccc21)S(=O)(=O)c1cn[nH]c1. The summed E-state index contributed by atoms with van der Waals surface area (Å²) in [6.45, 7) is 0. The number of aromatic amines is 1. The highest BCUT2D eigenvalue weighted by Gasteiger charge is 2.33. The summed E-state index contributed by atoms with van der Waals surface area (Å²) in [6.07, 6.45) is 4.50. The Hall–Kier alpha value is -1.66. The lowest BCUT2D eigenvalue weighted by Crippen LogP contribution is -2.30. The van der Waals surface area contributed by atoms with Crippen LogP contribution in [0.25, 0.3) is 0 Å². The van der Waals surface area contributed by atoms with E-state index in [-0.39, 0.29) is 10.9 Å². The summed E-state index contributed by atoms with van der Waals surface area (Å²) in [6, 6.07) is 7.93. The van der Waals surface area contributed by atoms with Crippen LogP contribution >= 0.6 is 0 Å². The van der Waals surface area contributed by atoms with Gasteiger partial charge in [0.05, 0.1) is 12.2 Å². The van der Waals surface area contributed by atoms with Crippen molar-refractivity contribution < 1.29 is 8.42 Å². The molecule has 0 bridgehead atoms. The minimum Gasteiger partial charge on any atom is -0.284 e. The number of nitrogens with one attached hydrogen (secondary N) is 1. The number of rotatable bonds is 3. The Kier molecular flexibility index (Phi) is 2.91. The topological polar surface area (TPSA) is 66.1 Å². The molecule has 5 nitrogen and oxygen atoms in total. The normalized spacial score (nSPS) is 18.7. The monoisotopic (exact) mass is 277 g/mol. The molecule has 19 heavy (non-hydrogen) atoms. The highest BCUT2D eigenvalue weighted by molar-refractivity contribution is 7.89. The van der Waals surface area contributed by atoms with Crippen molar-refractivity contribution in [3.8, 4) is 0 Å². The van der Waals surface area contributed by atoms with Gasteiger partial charge in [-0.15, -0.1) is 0 Å². The number of hydrogen-bond donors (Lipinski definition) is 1. The van der Waals surface area contributed by atoms with Gasteiger partial charge in [-0.3, -0.25) is 5.10 Å². The van der Waals surface area contributed by atoms with Gasteiger partial charge in [0.15, 0.2) is 0 Å². The number of fused-ring (bicyclic) bond motifs is 1. The van der Waals surface area contributed by atoms with Crippen LogP contribution in [0.4, 0.5) is 0 Å². The minimum atomic E-state index is -3.48. The maximum Gasteiger partial charge on any atom is 0.246 e. The van der Waals surface area contributed by atoms with Crippen LogP contribution in [0.5, 0.6) is 0 Å². The highest BCUT2D eigenvalue weighted by Crippen LogP contribution is 2.37. The van der Waals surface area contributed by atoms with E-state index in [0.29, 0.717) is 0 Å². The number of H-pyrrole nitrogens is 1. The average molecular weight is 277 g/mol. The first-order chi connectivity index (χ1) is 9.10. The largest absolute Gasteiger partial charge is 0.284 e. The van der Waals surface area contributed by atoms with Crippen molar-refractivity contribution in [1.82, 2.24) is 14.5 Å². The minimum absolute atomic E-state index is 0.0869. The van der Waals surface area contributed by atoms with Crippen LogP contribution in [0.1, 0.15) is 23.6 Å². The van der Waals surface area contributed by atoms with Crippen molar-refractivity contribution >= 4 is 10.0 Å². The summed E-state index contributed by atoms with van der Waals surface area (Å²) in [5.74, 6) is 0. The molecule has 1 aliphatic rings. The highest BCUT2D eigenvalue weighted by atomic mass is 32.2. The van der Waals surface area contributed by atoms with Gasteiger partial charge in [-0.2, -0.15) is 9.40 Å². The van der Waals surface area contributed by atoms with Crippen molar-refractivity contribution in [2.75, 3.05) is 7.05 Å². The Balaban J connectivity index is 1.97. The third-order valence-corrected chi connectivity index (χ3v) is 5.52. The van der Waals surface area contributed by atoms with Gasteiger partial charge in [0, 0.05) is 13.2 Å². The van der Waals surface area contributed by atoms with E-state index in [4.69, 9.17) is 0 Å². The summed E-state index contributed by atoms with van der Waals surface area (Å²) in [5, 5.41) is 6.26. The Bertz CT molecular complexity index is 680. The zero-order valence-corrected chi connectivity index (χ0v) is 11.4. The molecule has 1 N–H and O–H groups in total. The van der Waals surface area contributed by atoms with Crippen molar-refractivity contribution in [2.45, 2.75) is 23.8 Å². The fourth-order valence-corrected chi connectivity index (χ4v) is 3.90. The van der Waals surface area contributed by atoms with E-state index in [1.54, 1.807) is 7.05 Å². The predicted molar refractivity (Wildman–Crippen MR) is 71.0 cm³/mol. The van der Waals surface area contributed by atoms with Crippen LogP contribution in [0.15, 0.2) is 41.6 Å². The molecule has 0 radical (unpaired) electrons. The molecule has 0 fully saturated rings. The maximum absolute atomic E-state index is 12.5. The Morgan fingerprint density at radius 1 is 1.37 bits per heavy atom. The van der Waals surface area contributed by atoms with Crippen LogP contribution < -0.4 is 0 Å². The molecule has 1 atom stereocenters. The molecule has 2 aromatic rings. The molecule has 1 aromatic heterocycles. The molecule has 1 unspecified atom stereocenters. The molecule has 0 saturated heterocycles. The molecule has 3 rings (SSSR count).